The first-order chi connectivity index (χ1) is 23.8. The Morgan fingerprint density at radius 2 is 0.812 bits per heavy atom. The van der Waals surface area contributed by atoms with Gasteiger partial charge >= 0.3 is 0 Å². The van der Waals surface area contributed by atoms with Crippen molar-refractivity contribution in [2.75, 3.05) is 4.90 Å². The molecule has 0 aliphatic rings. The highest BCUT2D eigenvalue weighted by molar-refractivity contribution is 6.25. The number of fused-ring (bicyclic) bond motifs is 10. The Kier molecular flexibility index (Phi) is 5.91. The molecule has 0 aliphatic heterocycles. The first kappa shape index (κ1) is 26.8. The summed E-state index contributed by atoms with van der Waals surface area (Å²) in [6.45, 7) is 0. The van der Waals surface area contributed by atoms with Crippen LogP contribution in [0, 0.1) is 0 Å². The Hall–Kier alpha value is -6.38. The molecule has 0 spiro atoms. The molecule has 10 rings (SSSR count). The number of hydrogen-bond acceptors (Lipinski definition) is 1. The van der Waals surface area contributed by atoms with Crippen LogP contribution in [0.1, 0.15) is 0 Å². The summed E-state index contributed by atoms with van der Waals surface area (Å²) in [5, 5.41) is 12.6. The fourth-order valence-corrected chi connectivity index (χ4v) is 7.75. The number of benzene rings is 9. The van der Waals surface area contributed by atoms with Crippen molar-refractivity contribution in [1.29, 1.82) is 0 Å². The molecule has 10 aromatic rings. The minimum Gasteiger partial charge on any atom is -0.310 e. The summed E-state index contributed by atoms with van der Waals surface area (Å²) in [6, 6.07) is 66.3. The summed E-state index contributed by atoms with van der Waals surface area (Å²) in [7, 11) is 0. The maximum absolute atomic E-state index is 2.42. The van der Waals surface area contributed by atoms with Crippen molar-refractivity contribution in [2.45, 2.75) is 0 Å². The number of aromatic nitrogens is 1. The predicted molar refractivity (Wildman–Crippen MR) is 205 cm³/mol. The molecule has 0 fully saturated rings. The van der Waals surface area contributed by atoms with E-state index in [9.17, 15) is 0 Å². The minimum absolute atomic E-state index is 1.11. The van der Waals surface area contributed by atoms with E-state index in [1.165, 1.54) is 64.9 Å². The quantitative estimate of drug-likeness (QED) is 0.180. The van der Waals surface area contributed by atoms with Crippen molar-refractivity contribution < 1.29 is 0 Å². The molecule has 0 N–H and O–H groups in total. The van der Waals surface area contributed by atoms with Crippen molar-refractivity contribution in [3.05, 3.63) is 182 Å². The molecular formula is C46H30N2. The molecule has 0 atom stereocenters. The number of nitrogens with zero attached hydrogens (tertiary/aromatic N) is 2. The third-order valence-electron chi connectivity index (χ3n) is 9.91. The zero-order chi connectivity index (χ0) is 31.6. The second-order valence-electron chi connectivity index (χ2n) is 12.6. The Morgan fingerprint density at radius 3 is 1.54 bits per heavy atom. The Morgan fingerprint density at radius 1 is 0.292 bits per heavy atom. The van der Waals surface area contributed by atoms with Crippen molar-refractivity contribution >= 4 is 82.0 Å². The van der Waals surface area contributed by atoms with E-state index in [1.54, 1.807) is 0 Å². The lowest BCUT2D eigenvalue weighted by Crippen LogP contribution is -2.10. The van der Waals surface area contributed by atoms with Crippen LogP contribution in [0.4, 0.5) is 17.1 Å². The number of para-hydroxylation sites is 2. The molecule has 1 heterocycles. The minimum atomic E-state index is 1.11. The van der Waals surface area contributed by atoms with E-state index in [0.29, 0.717) is 0 Å². The molecule has 2 heteroatoms. The molecule has 0 radical (unpaired) electrons. The Bertz CT molecular complexity index is 2810. The lowest BCUT2D eigenvalue weighted by molar-refractivity contribution is 1.18. The molecule has 48 heavy (non-hydrogen) atoms. The summed E-state index contributed by atoms with van der Waals surface area (Å²) in [6.07, 6.45) is 0. The summed E-state index contributed by atoms with van der Waals surface area (Å²) in [4.78, 5) is 2.39. The number of anilines is 3. The monoisotopic (exact) mass is 610 g/mol. The van der Waals surface area contributed by atoms with Gasteiger partial charge in [0.05, 0.1) is 11.0 Å². The van der Waals surface area contributed by atoms with Gasteiger partial charge < -0.3 is 9.47 Å². The maximum Gasteiger partial charge on any atom is 0.0561 e. The van der Waals surface area contributed by atoms with Crippen LogP contribution >= 0.6 is 0 Å². The molecule has 0 unspecified atom stereocenters. The van der Waals surface area contributed by atoms with Gasteiger partial charge in [-0.2, -0.15) is 0 Å². The number of rotatable bonds is 4. The van der Waals surface area contributed by atoms with Gasteiger partial charge in [-0.1, -0.05) is 127 Å². The predicted octanol–water partition coefficient (Wildman–Crippen LogP) is 12.9. The summed E-state index contributed by atoms with van der Waals surface area (Å²) in [5.41, 5.74) is 6.91. The molecular weight excluding hydrogens is 581 g/mol. The van der Waals surface area contributed by atoms with Gasteiger partial charge in [-0.25, -0.2) is 0 Å². The normalized spacial score (nSPS) is 11.8. The summed E-state index contributed by atoms with van der Waals surface area (Å²) in [5.74, 6) is 0. The Labute approximate surface area is 278 Å². The molecule has 0 bridgehead atoms. The highest BCUT2D eigenvalue weighted by Gasteiger charge is 2.19. The number of hydrogen-bond donors (Lipinski definition) is 0. The van der Waals surface area contributed by atoms with Gasteiger partial charge in [0.2, 0.25) is 0 Å². The van der Waals surface area contributed by atoms with Crippen LogP contribution in [0.2, 0.25) is 0 Å². The van der Waals surface area contributed by atoms with Gasteiger partial charge in [-0.05, 0) is 97.7 Å². The van der Waals surface area contributed by atoms with Gasteiger partial charge in [-0.3, -0.25) is 0 Å². The maximum atomic E-state index is 2.42. The van der Waals surface area contributed by atoms with Gasteiger partial charge in [0.15, 0.2) is 0 Å². The Balaban J connectivity index is 1.24. The summed E-state index contributed by atoms with van der Waals surface area (Å²) < 4.78 is 2.42. The molecule has 1 aromatic heterocycles. The van der Waals surface area contributed by atoms with Crippen LogP contribution in [0.3, 0.4) is 0 Å². The second-order valence-corrected chi connectivity index (χ2v) is 12.6. The van der Waals surface area contributed by atoms with Crippen LogP contribution in [0.25, 0.3) is 70.6 Å². The average molecular weight is 611 g/mol. The largest absolute Gasteiger partial charge is 0.310 e. The highest BCUT2D eigenvalue weighted by atomic mass is 15.1. The average Bonchev–Trinajstić information content (AvgIpc) is 3.49. The SMILES string of the molecule is c1ccc(N(c2ccc3c4ccccc4c4ccccc4c3c2)c2ccc3c4ccccc4n(-c4ccc5ccccc5c4)c3c2)cc1. The molecule has 0 amide bonds. The molecule has 0 aliphatic carbocycles. The van der Waals surface area contributed by atoms with Crippen LogP contribution in [0.15, 0.2) is 182 Å². The van der Waals surface area contributed by atoms with Crippen molar-refractivity contribution in [3.8, 4) is 5.69 Å². The summed E-state index contributed by atoms with van der Waals surface area (Å²) >= 11 is 0. The third kappa shape index (κ3) is 4.06. The second kappa shape index (κ2) is 10.6. The highest BCUT2D eigenvalue weighted by Crippen LogP contribution is 2.42. The van der Waals surface area contributed by atoms with Gasteiger partial charge in [0.25, 0.3) is 0 Å². The molecule has 9 aromatic carbocycles. The first-order valence-electron chi connectivity index (χ1n) is 16.5. The van der Waals surface area contributed by atoms with Crippen molar-refractivity contribution in [2.24, 2.45) is 0 Å². The van der Waals surface area contributed by atoms with Gasteiger partial charge in [-0.15, -0.1) is 0 Å². The zero-order valence-electron chi connectivity index (χ0n) is 26.2. The van der Waals surface area contributed by atoms with Crippen molar-refractivity contribution in [3.63, 3.8) is 0 Å². The van der Waals surface area contributed by atoms with Gasteiger partial charge in [0.1, 0.15) is 0 Å². The van der Waals surface area contributed by atoms with Crippen LogP contribution in [0.5, 0.6) is 0 Å². The van der Waals surface area contributed by atoms with E-state index in [2.05, 4.69) is 191 Å². The zero-order valence-corrected chi connectivity index (χ0v) is 26.2. The van der Waals surface area contributed by atoms with Crippen LogP contribution in [-0.2, 0) is 0 Å². The van der Waals surface area contributed by atoms with E-state index >= 15 is 0 Å². The van der Waals surface area contributed by atoms with E-state index in [-0.39, 0.29) is 0 Å². The lowest BCUT2D eigenvalue weighted by atomic mass is 9.94. The lowest BCUT2D eigenvalue weighted by Gasteiger charge is -2.26. The first-order valence-corrected chi connectivity index (χ1v) is 16.5. The standard InChI is InChI=1S/C46H30N2/c1-2-14-33(15-3-1)47(35-24-26-41-39-18-7-6-16-37(39)38-17-8-9-19-40(38)44(41)29-35)36-25-27-43-42-20-10-11-21-45(42)48(46(43)30-36)34-23-22-31-12-4-5-13-32(31)28-34/h1-30H. The molecule has 224 valence electrons. The van der Waals surface area contributed by atoms with E-state index in [0.717, 1.165) is 22.7 Å². The van der Waals surface area contributed by atoms with E-state index in [4.69, 9.17) is 0 Å². The van der Waals surface area contributed by atoms with Gasteiger partial charge in [0, 0.05) is 33.5 Å². The third-order valence-corrected chi connectivity index (χ3v) is 9.91. The van der Waals surface area contributed by atoms with Crippen LogP contribution < -0.4 is 4.90 Å². The van der Waals surface area contributed by atoms with Crippen LogP contribution in [-0.4, -0.2) is 4.57 Å². The van der Waals surface area contributed by atoms with E-state index in [1.807, 2.05) is 0 Å². The smallest absolute Gasteiger partial charge is 0.0561 e. The van der Waals surface area contributed by atoms with E-state index < -0.39 is 0 Å². The fourth-order valence-electron chi connectivity index (χ4n) is 7.75. The van der Waals surface area contributed by atoms with Crippen molar-refractivity contribution in [1.82, 2.24) is 4.57 Å². The topological polar surface area (TPSA) is 8.17 Å². The molecule has 0 saturated carbocycles. The fraction of sp³-hybridized carbons (Fsp3) is 0. The molecule has 2 nitrogen and oxygen atoms in total. The molecule has 0 saturated heterocycles.